The molecule has 1 N–H and O–H groups in total. The first-order valence-corrected chi connectivity index (χ1v) is 8.40. The summed E-state index contributed by atoms with van der Waals surface area (Å²) in [6, 6.07) is 2.35. The maximum Gasteiger partial charge on any atom is 0.269 e. The van der Waals surface area contributed by atoms with Gasteiger partial charge >= 0.3 is 0 Å². The minimum atomic E-state index is -0.642. The molecule has 0 spiro atoms. The zero-order valence-corrected chi connectivity index (χ0v) is 13.9. The van der Waals surface area contributed by atoms with E-state index in [2.05, 4.69) is 20.1 Å². The molecule has 1 unspecified atom stereocenters. The van der Waals surface area contributed by atoms with Gasteiger partial charge in [0.2, 0.25) is 0 Å². The smallest absolute Gasteiger partial charge is 0.269 e. The Bertz CT molecular complexity index is 572. The van der Waals surface area contributed by atoms with E-state index in [1.165, 1.54) is 0 Å². The summed E-state index contributed by atoms with van der Waals surface area (Å²) >= 11 is 0. The second-order valence-corrected chi connectivity index (χ2v) is 6.53. The zero-order valence-electron chi connectivity index (χ0n) is 13.9. The molecule has 1 atom stereocenters. The summed E-state index contributed by atoms with van der Waals surface area (Å²) in [4.78, 5) is 20.6. The number of halogens is 1. The number of hydrogen-bond acceptors (Lipinski definition) is 4. The molecular weight excluding hydrogens is 295 g/mol. The van der Waals surface area contributed by atoms with Crippen LogP contribution in [0.1, 0.15) is 35.3 Å². The number of aromatic nitrogens is 1. The largest absolute Gasteiger partial charge is 0.370 e. The second kappa shape index (κ2) is 6.83. The molecule has 6 heteroatoms. The van der Waals surface area contributed by atoms with Crippen molar-refractivity contribution in [2.75, 3.05) is 38.1 Å². The van der Waals surface area contributed by atoms with E-state index < -0.39 is 6.17 Å². The summed E-state index contributed by atoms with van der Waals surface area (Å²) in [5.74, 6) is -0.159. The topological polar surface area (TPSA) is 48.5 Å². The molecule has 1 amide bonds. The number of pyridine rings is 1. The molecule has 3 rings (SSSR count). The highest BCUT2D eigenvalue weighted by Gasteiger charge is 2.30. The van der Waals surface area contributed by atoms with E-state index in [1.54, 1.807) is 13.2 Å². The fourth-order valence-electron chi connectivity index (χ4n) is 3.68. The lowest BCUT2D eigenvalue weighted by atomic mass is 10.0. The molecule has 126 valence electrons. The third-order valence-electron chi connectivity index (χ3n) is 5.03. The summed E-state index contributed by atoms with van der Waals surface area (Å²) in [6.45, 7) is 5.43. The Morgan fingerprint density at radius 1 is 1.30 bits per heavy atom. The van der Waals surface area contributed by atoms with Crippen LogP contribution in [0.3, 0.4) is 0 Å². The predicted molar refractivity (Wildman–Crippen MR) is 88.7 cm³/mol. The number of nitrogens with one attached hydrogen (secondary N) is 1. The summed E-state index contributed by atoms with van der Waals surface area (Å²) in [5.41, 5.74) is 2.62. The second-order valence-electron chi connectivity index (χ2n) is 6.53. The van der Waals surface area contributed by atoms with Crippen LogP contribution in [0.15, 0.2) is 12.3 Å². The lowest BCUT2D eigenvalue weighted by Gasteiger charge is -2.38. The van der Waals surface area contributed by atoms with Crippen LogP contribution in [-0.4, -0.2) is 61.2 Å². The maximum absolute atomic E-state index is 13.4. The van der Waals surface area contributed by atoms with Crippen molar-refractivity contribution in [3.63, 3.8) is 0 Å². The van der Waals surface area contributed by atoms with Crippen molar-refractivity contribution < 1.29 is 9.18 Å². The van der Waals surface area contributed by atoms with Crippen LogP contribution in [0.2, 0.25) is 0 Å². The van der Waals surface area contributed by atoms with Crippen molar-refractivity contribution in [2.45, 2.75) is 38.4 Å². The summed E-state index contributed by atoms with van der Waals surface area (Å²) in [5, 5.41) is 2.60. The molecular formula is C17H25FN4O. The lowest BCUT2D eigenvalue weighted by molar-refractivity contribution is 0.0958. The van der Waals surface area contributed by atoms with Gasteiger partial charge in [-0.25, -0.2) is 9.37 Å². The Balaban J connectivity index is 1.62. The van der Waals surface area contributed by atoms with Crippen molar-refractivity contribution in [2.24, 2.45) is 0 Å². The summed E-state index contributed by atoms with van der Waals surface area (Å²) < 4.78 is 13.4. The van der Waals surface area contributed by atoms with Crippen molar-refractivity contribution in [1.82, 2.24) is 15.2 Å². The Morgan fingerprint density at radius 3 is 2.61 bits per heavy atom. The van der Waals surface area contributed by atoms with E-state index in [9.17, 15) is 9.18 Å². The van der Waals surface area contributed by atoms with Gasteiger partial charge in [0.25, 0.3) is 5.91 Å². The van der Waals surface area contributed by atoms with Gasteiger partial charge < -0.3 is 10.2 Å². The van der Waals surface area contributed by atoms with Crippen molar-refractivity contribution in [1.29, 1.82) is 0 Å². The Morgan fingerprint density at radius 2 is 2.04 bits per heavy atom. The minimum absolute atomic E-state index is 0.159. The number of amides is 1. The van der Waals surface area contributed by atoms with E-state index in [1.807, 2.05) is 13.0 Å². The van der Waals surface area contributed by atoms with Crippen LogP contribution in [0.4, 0.5) is 10.1 Å². The predicted octanol–water partition coefficient (Wildman–Crippen LogP) is 1.76. The Kier molecular flexibility index (Phi) is 4.80. The molecule has 0 saturated carbocycles. The van der Waals surface area contributed by atoms with Gasteiger partial charge in [-0.2, -0.15) is 0 Å². The monoisotopic (exact) mass is 320 g/mol. The molecule has 1 aromatic heterocycles. The van der Waals surface area contributed by atoms with Gasteiger partial charge in [-0.3, -0.25) is 9.69 Å². The summed E-state index contributed by atoms with van der Waals surface area (Å²) in [6.07, 6.45) is 3.96. The Hall–Kier alpha value is -1.69. The molecule has 3 heterocycles. The molecule has 0 aliphatic carbocycles. The number of piperidine rings is 1. The van der Waals surface area contributed by atoms with Crippen LogP contribution in [0.5, 0.6) is 0 Å². The minimum Gasteiger partial charge on any atom is -0.370 e. The van der Waals surface area contributed by atoms with E-state index in [0.717, 1.165) is 43.7 Å². The van der Waals surface area contributed by atoms with Gasteiger partial charge in [0.15, 0.2) is 0 Å². The number of carbonyl (C=O) groups is 1. The number of aryl methyl sites for hydroxylation is 1. The van der Waals surface area contributed by atoms with E-state index in [4.69, 9.17) is 0 Å². The van der Waals surface area contributed by atoms with E-state index >= 15 is 0 Å². The number of nitrogens with zero attached hydrogens (tertiary/aromatic N) is 3. The normalized spacial score (nSPS) is 23.3. The standard InChI is InChI=1S/C17H25FN4O/c1-12-9-15(17(23)19-2)20-10-16(12)21-7-4-14(5-8-21)22-6-3-13(18)11-22/h9-10,13-14H,3-8,11H2,1-2H3,(H,19,23). The van der Waals surface area contributed by atoms with Gasteiger partial charge in [0.1, 0.15) is 11.9 Å². The first-order chi connectivity index (χ1) is 11.1. The lowest BCUT2D eigenvalue weighted by Crippen LogP contribution is -2.44. The van der Waals surface area contributed by atoms with Crippen LogP contribution in [-0.2, 0) is 0 Å². The molecule has 2 fully saturated rings. The molecule has 2 aliphatic heterocycles. The van der Waals surface area contributed by atoms with Crippen molar-refractivity contribution >= 4 is 11.6 Å². The molecule has 5 nitrogen and oxygen atoms in total. The molecule has 2 aliphatic rings. The van der Waals surface area contributed by atoms with Gasteiger partial charge in [0.05, 0.1) is 11.9 Å². The first-order valence-electron chi connectivity index (χ1n) is 8.40. The molecule has 0 aromatic carbocycles. The highest BCUT2D eigenvalue weighted by Crippen LogP contribution is 2.27. The average molecular weight is 320 g/mol. The number of likely N-dealkylation sites (tertiary alicyclic amines) is 1. The zero-order chi connectivity index (χ0) is 16.4. The first kappa shape index (κ1) is 16.2. The fourth-order valence-corrected chi connectivity index (χ4v) is 3.68. The average Bonchev–Trinajstić information content (AvgIpc) is 3.00. The number of alkyl halides is 1. The number of anilines is 1. The van der Waals surface area contributed by atoms with Crippen LogP contribution in [0.25, 0.3) is 0 Å². The van der Waals surface area contributed by atoms with E-state index in [0.29, 0.717) is 24.7 Å². The Labute approximate surface area is 136 Å². The molecule has 0 radical (unpaired) electrons. The fraction of sp³-hybridized carbons (Fsp3) is 0.647. The van der Waals surface area contributed by atoms with Gasteiger partial charge in [-0.1, -0.05) is 0 Å². The molecule has 23 heavy (non-hydrogen) atoms. The number of hydrogen-bond donors (Lipinski definition) is 1. The SMILES string of the molecule is CNC(=O)c1cc(C)c(N2CCC(N3CCC(F)C3)CC2)cn1. The van der Waals surface area contributed by atoms with Crippen molar-refractivity contribution in [3.05, 3.63) is 23.5 Å². The summed E-state index contributed by atoms with van der Waals surface area (Å²) in [7, 11) is 1.61. The van der Waals surface area contributed by atoms with Crippen LogP contribution >= 0.6 is 0 Å². The van der Waals surface area contributed by atoms with Crippen LogP contribution < -0.4 is 10.2 Å². The molecule has 1 aromatic rings. The maximum atomic E-state index is 13.4. The van der Waals surface area contributed by atoms with Gasteiger partial charge in [-0.05, 0) is 37.8 Å². The van der Waals surface area contributed by atoms with Crippen LogP contribution in [0, 0.1) is 6.92 Å². The highest BCUT2D eigenvalue weighted by atomic mass is 19.1. The van der Waals surface area contributed by atoms with Gasteiger partial charge in [-0.15, -0.1) is 0 Å². The molecule has 0 bridgehead atoms. The number of rotatable bonds is 3. The third kappa shape index (κ3) is 3.47. The van der Waals surface area contributed by atoms with Gasteiger partial charge in [0, 0.05) is 39.3 Å². The quantitative estimate of drug-likeness (QED) is 0.922. The van der Waals surface area contributed by atoms with Crippen molar-refractivity contribution in [3.8, 4) is 0 Å². The highest BCUT2D eigenvalue weighted by molar-refractivity contribution is 5.92. The van der Waals surface area contributed by atoms with E-state index in [-0.39, 0.29) is 5.91 Å². The third-order valence-corrected chi connectivity index (χ3v) is 5.03. The molecule has 2 saturated heterocycles. The number of carbonyl (C=O) groups excluding carboxylic acids is 1.